The Kier molecular flexibility index (Phi) is 2.70. The third kappa shape index (κ3) is 3.09. The minimum Gasteiger partial charge on any atom is -0.326 e. The van der Waals surface area contributed by atoms with Gasteiger partial charge in [-0.1, -0.05) is 18.2 Å². The van der Waals surface area contributed by atoms with E-state index >= 15 is 0 Å². The molecule has 5 heteroatoms. The van der Waals surface area contributed by atoms with E-state index in [9.17, 15) is 13.2 Å². The van der Waals surface area contributed by atoms with E-state index in [2.05, 4.69) is 0 Å². The Morgan fingerprint density at radius 1 is 1.42 bits per heavy atom. The van der Waals surface area contributed by atoms with Gasteiger partial charge >= 0.3 is 6.18 Å². The van der Waals surface area contributed by atoms with Crippen LogP contribution in [0.4, 0.5) is 13.2 Å². The summed E-state index contributed by atoms with van der Waals surface area (Å²) in [6.07, 6.45) is -3.57. The quantitative estimate of drug-likeness (QED) is 0.827. The summed E-state index contributed by atoms with van der Waals surface area (Å²) in [5, 5.41) is 0. The van der Waals surface area contributed by atoms with Crippen molar-refractivity contribution in [3.8, 4) is 0 Å². The first kappa shape index (κ1) is 10.7. The van der Waals surface area contributed by atoms with Gasteiger partial charge in [0, 0.05) is 15.7 Å². The predicted molar refractivity (Wildman–Crippen MR) is 68.6 cm³/mol. The molecule has 106 valence electrons. The summed E-state index contributed by atoms with van der Waals surface area (Å²) < 4.78 is 60.9. The number of halogens is 3. The van der Waals surface area contributed by atoms with Crippen LogP contribution in [0.3, 0.4) is 0 Å². The van der Waals surface area contributed by atoms with E-state index in [1.807, 2.05) is 0 Å². The van der Waals surface area contributed by atoms with Gasteiger partial charge in [0.1, 0.15) is 0 Å². The molecular formula is C14H19F3N2. The number of hydrogen-bond acceptors (Lipinski definition) is 2. The van der Waals surface area contributed by atoms with Crippen molar-refractivity contribution >= 4 is 0 Å². The second-order valence-electron chi connectivity index (χ2n) is 5.24. The highest BCUT2D eigenvalue weighted by atomic mass is 19.4. The number of benzene rings is 1. The number of rotatable bonds is 1. The first-order valence-corrected chi connectivity index (χ1v) is 6.17. The van der Waals surface area contributed by atoms with Crippen LogP contribution in [0.15, 0.2) is 24.3 Å². The molecule has 0 bridgehead atoms. The number of hydrogen-bond donors (Lipinski definition) is 2. The highest BCUT2D eigenvalue weighted by molar-refractivity contribution is 5.29. The van der Waals surface area contributed by atoms with E-state index in [0.29, 0.717) is 12.0 Å². The molecule has 0 aliphatic heterocycles. The van der Waals surface area contributed by atoms with Crippen LogP contribution in [0.1, 0.15) is 47.3 Å². The lowest BCUT2D eigenvalue weighted by molar-refractivity contribution is -0.137. The van der Waals surface area contributed by atoms with Crippen LogP contribution >= 0.6 is 0 Å². The molecule has 0 radical (unpaired) electrons. The highest BCUT2D eigenvalue weighted by Gasteiger charge is 2.36. The molecule has 0 aromatic heterocycles. The van der Waals surface area contributed by atoms with Crippen LogP contribution in [0.2, 0.25) is 0 Å². The molecule has 1 fully saturated rings. The molecule has 19 heavy (non-hydrogen) atoms. The van der Waals surface area contributed by atoms with E-state index in [1.54, 1.807) is 6.07 Å². The van der Waals surface area contributed by atoms with Crippen LogP contribution in [0, 0.1) is 0 Å². The van der Waals surface area contributed by atoms with Crippen molar-refractivity contribution in [2.75, 3.05) is 0 Å². The van der Waals surface area contributed by atoms with Crippen molar-refractivity contribution in [2.24, 2.45) is 11.5 Å². The summed E-state index contributed by atoms with van der Waals surface area (Å²) in [4.78, 5) is 0. The molecule has 1 aromatic rings. The van der Waals surface area contributed by atoms with Crippen LogP contribution in [-0.2, 0) is 6.18 Å². The largest absolute Gasteiger partial charge is 0.416 e. The molecule has 0 amide bonds. The van der Waals surface area contributed by atoms with Gasteiger partial charge in [0.05, 0.1) is 5.56 Å². The van der Waals surface area contributed by atoms with Crippen molar-refractivity contribution in [1.29, 1.82) is 0 Å². The molecule has 1 aliphatic rings. The van der Waals surface area contributed by atoms with E-state index in [-0.39, 0.29) is 18.8 Å². The summed E-state index contributed by atoms with van der Waals surface area (Å²) in [6, 6.07) is 4.31. The molecular weight excluding hydrogens is 253 g/mol. The van der Waals surface area contributed by atoms with Gasteiger partial charge in [-0.3, -0.25) is 0 Å². The smallest absolute Gasteiger partial charge is 0.326 e. The van der Waals surface area contributed by atoms with Gasteiger partial charge in [0.25, 0.3) is 0 Å². The lowest BCUT2D eigenvalue weighted by atomic mass is 9.72. The Morgan fingerprint density at radius 3 is 2.74 bits per heavy atom. The molecule has 2 rings (SSSR count). The van der Waals surface area contributed by atoms with Crippen molar-refractivity contribution < 1.29 is 17.3 Å². The molecule has 4 N–H and O–H groups in total. The van der Waals surface area contributed by atoms with Crippen molar-refractivity contribution in [2.45, 2.75) is 49.8 Å². The molecule has 0 spiro atoms. The fourth-order valence-corrected chi connectivity index (χ4v) is 2.50. The third-order valence-electron chi connectivity index (χ3n) is 3.79. The SMILES string of the molecule is [2H]C([2H])([2H])C1(N)CCC(c2cccc(C(F)(F)F)c2)CC1N. The topological polar surface area (TPSA) is 52.0 Å². The summed E-state index contributed by atoms with van der Waals surface area (Å²) in [6.45, 7) is -2.38. The summed E-state index contributed by atoms with van der Waals surface area (Å²) >= 11 is 0. The average Bonchev–Trinajstić information content (AvgIpc) is 2.40. The molecule has 1 saturated carbocycles. The second kappa shape index (κ2) is 4.80. The zero-order valence-electron chi connectivity index (χ0n) is 13.4. The van der Waals surface area contributed by atoms with Gasteiger partial charge in [-0.25, -0.2) is 0 Å². The highest BCUT2D eigenvalue weighted by Crippen LogP contribution is 2.38. The third-order valence-corrected chi connectivity index (χ3v) is 3.79. The van der Waals surface area contributed by atoms with Crippen LogP contribution in [-0.4, -0.2) is 11.6 Å². The van der Waals surface area contributed by atoms with Gasteiger partial charge in [-0.2, -0.15) is 13.2 Å². The van der Waals surface area contributed by atoms with E-state index in [1.165, 1.54) is 6.07 Å². The molecule has 0 heterocycles. The first-order chi connectivity index (χ1) is 9.95. The first-order valence-electron chi connectivity index (χ1n) is 7.67. The zero-order chi connectivity index (χ0) is 16.8. The van der Waals surface area contributed by atoms with Crippen LogP contribution in [0.25, 0.3) is 0 Å². The van der Waals surface area contributed by atoms with Gasteiger partial charge in [-0.05, 0) is 43.7 Å². The molecule has 3 unspecified atom stereocenters. The standard InChI is InChI=1S/C14H19F3N2/c1-13(19)6-5-10(8-12(13)18)9-3-2-4-11(7-9)14(15,16)17/h2-4,7,10,12H,5-6,8,18-19H2,1H3/i1D3. The maximum absolute atomic E-state index is 12.8. The fraction of sp³-hybridized carbons (Fsp3) is 0.571. The fourth-order valence-electron chi connectivity index (χ4n) is 2.50. The minimum atomic E-state index is -4.40. The number of alkyl halides is 3. The van der Waals surface area contributed by atoms with E-state index in [4.69, 9.17) is 15.6 Å². The molecule has 0 saturated heterocycles. The van der Waals surface area contributed by atoms with Gasteiger partial charge < -0.3 is 11.5 Å². The van der Waals surface area contributed by atoms with Crippen molar-refractivity contribution in [3.05, 3.63) is 35.4 Å². The van der Waals surface area contributed by atoms with E-state index in [0.717, 1.165) is 12.1 Å². The predicted octanol–water partition coefficient (Wildman–Crippen LogP) is 3.02. The van der Waals surface area contributed by atoms with Crippen LogP contribution in [0.5, 0.6) is 0 Å². The zero-order valence-corrected chi connectivity index (χ0v) is 10.4. The minimum absolute atomic E-state index is 0.158. The Balaban J connectivity index is 2.21. The second-order valence-corrected chi connectivity index (χ2v) is 5.24. The van der Waals surface area contributed by atoms with E-state index < -0.39 is 30.2 Å². The maximum atomic E-state index is 12.8. The molecule has 2 nitrogen and oxygen atoms in total. The van der Waals surface area contributed by atoms with Crippen LogP contribution < -0.4 is 11.5 Å². The van der Waals surface area contributed by atoms with Gasteiger partial charge in [0.15, 0.2) is 0 Å². The van der Waals surface area contributed by atoms with Crippen molar-refractivity contribution in [3.63, 3.8) is 0 Å². The van der Waals surface area contributed by atoms with Crippen molar-refractivity contribution in [1.82, 2.24) is 0 Å². The maximum Gasteiger partial charge on any atom is 0.416 e. The van der Waals surface area contributed by atoms with Gasteiger partial charge in [0.2, 0.25) is 0 Å². The number of nitrogens with two attached hydrogens (primary N) is 2. The Morgan fingerprint density at radius 2 is 2.16 bits per heavy atom. The Bertz CT molecular complexity index is 545. The summed E-state index contributed by atoms with van der Waals surface area (Å²) in [7, 11) is 0. The molecule has 1 aliphatic carbocycles. The summed E-state index contributed by atoms with van der Waals surface area (Å²) in [5.74, 6) is -0.212. The Hall–Kier alpha value is -1.07. The monoisotopic (exact) mass is 275 g/mol. The Labute approximate surface area is 115 Å². The summed E-state index contributed by atoms with van der Waals surface area (Å²) in [5.41, 5.74) is 10.2. The molecule has 3 atom stereocenters. The normalized spacial score (nSPS) is 35.3. The lowest BCUT2D eigenvalue weighted by Crippen LogP contribution is -2.55. The average molecular weight is 275 g/mol. The lowest BCUT2D eigenvalue weighted by Gasteiger charge is -2.40. The van der Waals surface area contributed by atoms with Gasteiger partial charge in [-0.15, -0.1) is 0 Å². The molecule has 1 aromatic carbocycles.